The number of carbonyl (C=O) groups is 1. The molecule has 0 bridgehead atoms. The van der Waals surface area contributed by atoms with Crippen LogP contribution in [0.4, 0.5) is 4.79 Å². The SMILES string of the molecule is O=C1NCCCN1CCc1ccc(Br)s1. The van der Waals surface area contributed by atoms with E-state index < -0.39 is 0 Å². The lowest BCUT2D eigenvalue weighted by Crippen LogP contribution is -2.47. The first-order valence-electron chi connectivity index (χ1n) is 5.03. The average molecular weight is 289 g/mol. The van der Waals surface area contributed by atoms with Crippen molar-refractivity contribution in [2.24, 2.45) is 0 Å². The van der Waals surface area contributed by atoms with Crippen LogP contribution in [0.5, 0.6) is 0 Å². The van der Waals surface area contributed by atoms with E-state index in [2.05, 4.69) is 33.4 Å². The minimum Gasteiger partial charge on any atom is -0.338 e. The number of rotatable bonds is 3. The lowest BCUT2D eigenvalue weighted by atomic mass is 10.3. The van der Waals surface area contributed by atoms with E-state index in [1.165, 1.54) is 4.88 Å². The van der Waals surface area contributed by atoms with Gasteiger partial charge in [0.1, 0.15) is 0 Å². The molecule has 0 aromatic carbocycles. The number of carbonyl (C=O) groups excluding carboxylic acids is 1. The van der Waals surface area contributed by atoms with E-state index in [9.17, 15) is 4.79 Å². The molecule has 2 rings (SSSR count). The fourth-order valence-corrected chi connectivity index (χ4v) is 3.10. The van der Waals surface area contributed by atoms with Gasteiger partial charge in [-0.15, -0.1) is 11.3 Å². The second kappa shape index (κ2) is 4.99. The zero-order chi connectivity index (χ0) is 10.7. The predicted octanol–water partition coefficient (Wildman–Crippen LogP) is 2.47. The Kier molecular flexibility index (Phi) is 3.64. The van der Waals surface area contributed by atoms with Gasteiger partial charge >= 0.3 is 6.03 Å². The molecule has 82 valence electrons. The molecule has 0 saturated carbocycles. The lowest BCUT2D eigenvalue weighted by Gasteiger charge is -2.27. The smallest absolute Gasteiger partial charge is 0.317 e. The van der Waals surface area contributed by atoms with Crippen LogP contribution in [-0.4, -0.2) is 30.6 Å². The molecule has 1 N–H and O–H groups in total. The summed E-state index contributed by atoms with van der Waals surface area (Å²) in [5.41, 5.74) is 0. The lowest BCUT2D eigenvalue weighted by molar-refractivity contribution is 0.187. The van der Waals surface area contributed by atoms with E-state index >= 15 is 0 Å². The molecule has 1 aromatic heterocycles. The third kappa shape index (κ3) is 2.95. The fourth-order valence-electron chi connectivity index (χ4n) is 1.62. The first-order valence-corrected chi connectivity index (χ1v) is 6.63. The Labute approximate surface area is 102 Å². The Bertz CT molecular complexity index is 353. The van der Waals surface area contributed by atoms with Gasteiger partial charge in [-0.1, -0.05) is 0 Å². The van der Waals surface area contributed by atoms with Crippen LogP contribution in [0.1, 0.15) is 11.3 Å². The standard InChI is InChI=1S/C10H13BrN2OS/c11-9-3-2-8(15-9)4-7-13-6-1-5-12-10(13)14/h2-3H,1,4-7H2,(H,12,14). The maximum atomic E-state index is 11.4. The summed E-state index contributed by atoms with van der Waals surface area (Å²) in [7, 11) is 0. The van der Waals surface area contributed by atoms with Crippen molar-refractivity contribution in [3.05, 3.63) is 20.8 Å². The molecule has 1 aliphatic heterocycles. The molecule has 0 radical (unpaired) electrons. The molecular weight excluding hydrogens is 276 g/mol. The summed E-state index contributed by atoms with van der Waals surface area (Å²) >= 11 is 5.17. The Morgan fingerprint density at radius 3 is 3.07 bits per heavy atom. The monoisotopic (exact) mass is 288 g/mol. The van der Waals surface area contributed by atoms with Crippen molar-refractivity contribution in [2.75, 3.05) is 19.6 Å². The van der Waals surface area contributed by atoms with Crippen molar-refractivity contribution in [1.82, 2.24) is 10.2 Å². The number of hydrogen-bond acceptors (Lipinski definition) is 2. The first kappa shape index (κ1) is 11.0. The molecule has 0 spiro atoms. The highest BCUT2D eigenvalue weighted by Crippen LogP contribution is 2.22. The summed E-state index contributed by atoms with van der Waals surface area (Å²) in [5.74, 6) is 0. The van der Waals surface area contributed by atoms with Crippen molar-refractivity contribution < 1.29 is 4.79 Å². The molecule has 3 nitrogen and oxygen atoms in total. The van der Waals surface area contributed by atoms with Crippen LogP contribution in [0, 0.1) is 0 Å². The van der Waals surface area contributed by atoms with Gasteiger partial charge in [-0.2, -0.15) is 0 Å². The molecule has 1 saturated heterocycles. The topological polar surface area (TPSA) is 32.3 Å². The van der Waals surface area contributed by atoms with E-state index in [-0.39, 0.29) is 6.03 Å². The molecule has 1 fully saturated rings. The molecule has 2 amide bonds. The number of nitrogens with one attached hydrogen (secondary N) is 1. The highest BCUT2D eigenvalue weighted by atomic mass is 79.9. The van der Waals surface area contributed by atoms with Gasteiger partial charge in [0, 0.05) is 24.5 Å². The Morgan fingerprint density at radius 2 is 2.40 bits per heavy atom. The number of amides is 2. The Hall–Kier alpha value is -0.550. The van der Waals surface area contributed by atoms with Crippen molar-refractivity contribution >= 4 is 33.3 Å². The van der Waals surface area contributed by atoms with Gasteiger partial charge in [0.25, 0.3) is 0 Å². The van der Waals surface area contributed by atoms with Gasteiger partial charge in [0.15, 0.2) is 0 Å². The molecule has 2 heterocycles. The predicted molar refractivity (Wildman–Crippen MR) is 65.3 cm³/mol. The van der Waals surface area contributed by atoms with Gasteiger partial charge in [0.2, 0.25) is 0 Å². The number of thiophene rings is 1. The third-order valence-corrected chi connectivity index (χ3v) is 4.11. The van der Waals surface area contributed by atoms with Crippen LogP contribution in [0.3, 0.4) is 0 Å². The molecule has 1 aromatic rings. The van der Waals surface area contributed by atoms with Crippen LogP contribution < -0.4 is 5.32 Å². The summed E-state index contributed by atoms with van der Waals surface area (Å²) in [6, 6.07) is 4.24. The summed E-state index contributed by atoms with van der Waals surface area (Å²) in [6.07, 6.45) is 2.00. The minimum absolute atomic E-state index is 0.0804. The van der Waals surface area contributed by atoms with Crippen LogP contribution in [0.25, 0.3) is 0 Å². The molecule has 0 unspecified atom stereocenters. The van der Waals surface area contributed by atoms with Gasteiger partial charge in [0.05, 0.1) is 3.79 Å². The third-order valence-electron chi connectivity index (χ3n) is 2.43. The Morgan fingerprint density at radius 1 is 1.53 bits per heavy atom. The highest BCUT2D eigenvalue weighted by molar-refractivity contribution is 9.11. The minimum atomic E-state index is 0.0804. The van der Waals surface area contributed by atoms with Gasteiger partial charge in [-0.25, -0.2) is 4.79 Å². The summed E-state index contributed by atoms with van der Waals surface area (Å²) in [5, 5.41) is 2.85. The maximum absolute atomic E-state index is 11.4. The average Bonchev–Trinajstić information content (AvgIpc) is 2.63. The van der Waals surface area contributed by atoms with E-state index in [1.54, 1.807) is 11.3 Å². The van der Waals surface area contributed by atoms with Gasteiger partial charge in [-0.05, 0) is 40.9 Å². The molecule has 0 aliphatic carbocycles. The van der Waals surface area contributed by atoms with Gasteiger partial charge in [-0.3, -0.25) is 0 Å². The van der Waals surface area contributed by atoms with Crippen LogP contribution in [-0.2, 0) is 6.42 Å². The normalized spacial score (nSPS) is 16.6. The van der Waals surface area contributed by atoms with Crippen LogP contribution >= 0.6 is 27.3 Å². The maximum Gasteiger partial charge on any atom is 0.317 e. The quantitative estimate of drug-likeness (QED) is 0.911. The van der Waals surface area contributed by atoms with Crippen molar-refractivity contribution in [2.45, 2.75) is 12.8 Å². The molecular formula is C10H13BrN2OS. The summed E-state index contributed by atoms with van der Waals surface area (Å²) < 4.78 is 1.15. The van der Waals surface area contributed by atoms with E-state index in [4.69, 9.17) is 0 Å². The zero-order valence-electron chi connectivity index (χ0n) is 8.33. The van der Waals surface area contributed by atoms with Crippen LogP contribution in [0.2, 0.25) is 0 Å². The second-order valence-electron chi connectivity index (χ2n) is 3.53. The number of nitrogens with zero attached hydrogens (tertiary/aromatic N) is 1. The van der Waals surface area contributed by atoms with Crippen molar-refractivity contribution in [1.29, 1.82) is 0 Å². The molecule has 15 heavy (non-hydrogen) atoms. The van der Waals surface area contributed by atoms with E-state index in [0.717, 1.165) is 36.3 Å². The second-order valence-corrected chi connectivity index (χ2v) is 6.08. The van der Waals surface area contributed by atoms with Crippen molar-refractivity contribution in [3.63, 3.8) is 0 Å². The first-order chi connectivity index (χ1) is 7.25. The Balaban J connectivity index is 1.84. The number of halogens is 1. The highest BCUT2D eigenvalue weighted by Gasteiger charge is 2.16. The number of hydrogen-bond donors (Lipinski definition) is 1. The van der Waals surface area contributed by atoms with Crippen molar-refractivity contribution in [3.8, 4) is 0 Å². The molecule has 5 heteroatoms. The van der Waals surface area contributed by atoms with Crippen LogP contribution in [0.15, 0.2) is 15.9 Å². The molecule has 0 atom stereocenters. The molecule has 1 aliphatic rings. The zero-order valence-corrected chi connectivity index (χ0v) is 10.7. The summed E-state index contributed by atoms with van der Waals surface area (Å²) in [6.45, 7) is 2.52. The van der Waals surface area contributed by atoms with E-state index in [1.807, 2.05) is 4.90 Å². The van der Waals surface area contributed by atoms with Gasteiger partial charge < -0.3 is 10.2 Å². The van der Waals surface area contributed by atoms with E-state index in [0.29, 0.717) is 0 Å². The summed E-state index contributed by atoms with van der Waals surface area (Å²) in [4.78, 5) is 14.6. The number of urea groups is 1. The largest absolute Gasteiger partial charge is 0.338 e. The fraction of sp³-hybridized carbons (Fsp3) is 0.500.